The smallest absolute Gasteiger partial charge is 0.416 e. The second kappa shape index (κ2) is 19.0. The first-order valence-electron chi connectivity index (χ1n) is 21.5. The number of nitrogens with one attached hydrogen (secondary N) is 3. The Morgan fingerprint density at radius 2 is 1.66 bits per heavy atom. The summed E-state index contributed by atoms with van der Waals surface area (Å²) in [6.45, 7) is 13.6. The molecule has 3 aliphatic rings. The summed E-state index contributed by atoms with van der Waals surface area (Å²) in [6.07, 6.45) is 4.87. The maximum atomic E-state index is 14.1. The minimum atomic E-state index is -4.65. The summed E-state index contributed by atoms with van der Waals surface area (Å²) in [5.74, 6) is 2.83. The van der Waals surface area contributed by atoms with Crippen molar-refractivity contribution in [2.45, 2.75) is 129 Å². The fourth-order valence-electron chi connectivity index (χ4n) is 9.15. The van der Waals surface area contributed by atoms with Gasteiger partial charge in [-0.2, -0.15) is 13.2 Å². The fourth-order valence-corrected chi connectivity index (χ4v) is 9.15. The maximum absolute atomic E-state index is 14.1. The Morgan fingerprint density at radius 1 is 0.966 bits per heavy atom. The van der Waals surface area contributed by atoms with E-state index in [4.69, 9.17) is 14.5 Å². The fraction of sp³-hybridized carbons (Fsp3) is 0.644. The minimum absolute atomic E-state index is 0.0131. The summed E-state index contributed by atoms with van der Waals surface area (Å²) >= 11 is 0. The average molecular weight is 824 g/mol. The lowest BCUT2D eigenvalue weighted by Gasteiger charge is -2.37. The molecule has 3 heterocycles. The van der Waals surface area contributed by atoms with Gasteiger partial charge in [-0.3, -0.25) is 10.1 Å². The predicted octanol–water partition coefficient (Wildman–Crippen LogP) is 9.46. The van der Waals surface area contributed by atoms with Gasteiger partial charge in [-0.05, 0) is 173 Å². The van der Waals surface area contributed by atoms with Crippen LogP contribution in [-0.4, -0.2) is 90.3 Å². The number of halogens is 3. The monoisotopic (exact) mass is 823 g/mol. The van der Waals surface area contributed by atoms with Crippen molar-refractivity contribution in [2.75, 3.05) is 57.5 Å². The van der Waals surface area contributed by atoms with Gasteiger partial charge in [0.05, 0.1) is 24.2 Å². The first-order chi connectivity index (χ1) is 28.0. The molecule has 2 aliphatic heterocycles. The quantitative estimate of drug-likeness (QED) is 0.164. The van der Waals surface area contributed by atoms with Gasteiger partial charge in [0.15, 0.2) is 0 Å². The van der Waals surface area contributed by atoms with E-state index in [1.165, 1.54) is 31.7 Å². The first-order valence-corrected chi connectivity index (χ1v) is 21.5. The molecular formula is C45H64F3N7O4. The Morgan fingerprint density at radius 3 is 2.31 bits per heavy atom. The Bertz CT molecular complexity index is 1910. The van der Waals surface area contributed by atoms with Gasteiger partial charge >= 0.3 is 12.3 Å². The van der Waals surface area contributed by atoms with E-state index in [0.717, 1.165) is 94.3 Å². The molecule has 1 aromatic heterocycles. The summed E-state index contributed by atoms with van der Waals surface area (Å²) in [5, 5.41) is 9.97. The Kier molecular flexibility index (Phi) is 14.3. The molecule has 0 radical (unpaired) electrons. The lowest BCUT2D eigenvalue weighted by molar-refractivity contribution is -0.138. The van der Waals surface area contributed by atoms with Crippen LogP contribution in [0.2, 0.25) is 0 Å². The van der Waals surface area contributed by atoms with Crippen LogP contribution in [0.15, 0.2) is 30.3 Å². The van der Waals surface area contributed by atoms with Gasteiger partial charge in [-0.15, -0.1) is 0 Å². The molecule has 14 heteroatoms. The van der Waals surface area contributed by atoms with E-state index >= 15 is 0 Å². The van der Waals surface area contributed by atoms with Gasteiger partial charge in [0.1, 0.15) is 23.0 Å². The maximum Gasteiger partial charge on any atom is 0.416 e. The third-order valence-electron chi connectivity index (χ3n) is 12.4. The van der Waals surface area contributed by atoms with Crippen molar-refractivity contribution in [3.8, 4) is 5.75 Å². The zero-order valence-electron chi connectivity index (χ0n) is 35.9. The zero-order valence-corrected chi connectivity index (χ0v) is 35.9. The first kappa shape index (κ1) is 44.4. The van der Waals surface area contributed by atoms with Crippen LogP contribution in [0.5, 0.6) is 5.75 Å². The molecule has 1 saturated carbocycles. The van der Waals surface area contributed by atoms with Gasteiger partial charge < -0.3 is 29.9 Å². The lowest BCUT2D eigenvalue weighted by Crippen LogP contribution is -2.43. The summed E-state index contributed by atoms with van der Waals surface area (Å²) in [6, 6.07) is 7.45. The number of likely N-dealkylation sites (tertiary alicyclic amines) is 1. The minimum Gasteiger partial charge on any atom is -0.496 e. The Labute approximate surface area is 347 Å². The number of hydrogen-bond acceptors (Lipinski definition) is 9. The van der Waals surface area contributed by atoms with Crippen LogP contribution in [0.3, 0.4) is 0 Å². The molecule has 3 N–H and O–H groups in total. The molecule has 3 aromatic rings. The van der Waals surface area contributed by atoms with E-state index < -0.39 is 29.5 Å². The molecule has 0 bridgehead atoms. The van der Waals surface area contributed by atoms with E-state index in [0.29, 0.717) is 46.3 Å². The van der Waals surface area contributed by atoms with Gasteiger partial charge in [0.25, 0.3) is 0 Å². The lowest BCUT2D eigenvalue weighted by atomic mass is 9.77. The van der Waals surface area contributed by atoms with Gasteiger partial charge in [-0.1, -0.05) is 0 Å². The van der Waals surface area contributed by atoms with Gasteiger partial charge in [0, 0.05) is 42.2 Å². The molecular weight excluding hydrogens is 760 g/mol. The van der Waals surface area contributed by atoms with E-state index in [2.05, 4.69) is 37.8 Å². The summed E-state index contributed by atoms with van der Waals surface area (Å²) < 4.78 is 53.4. The van der Waals surface area contributed by atoms with Crippen LogP contribution in [0, 0.1) is 18.8 Å². The molecule has 2 amide bonds. The van der Waals surface area contributed by atoms with Crippen molar-refractivity contribution >= 4 is 34.4 Å². The number of ether oxygens (including phenoxy) is 2. The normalized spacial score (nSPS) is 20.4. The standard InChI is InChI=1S/C45H64F3N7O4/c1-28(33-23-34(45(46,47)48)25-35(24-33)53-43(57)59-44(3,4)5)50-41-38-26-37(40(58-7)27-39(38)51-29(2)52-41)31-10-12-32(13-11-31)42(56)55-21-16-30(17-22-55)9-8-20-54(6)36-14-18-49-19-15-36/h23-28,30-32,36,49H,8-22H2,1-7H3,(H,53,57)(H,50,51,52)/t28-,31?,32?/m1/s1. The number of methoxy groups -OCH3 is 1. The molecule has 0 unspecified atom stereocenters. The van der Waals surface area contributed by atoms with Crippen molar-refractivity contribution in [1.82, 2.24) is 25.1 Å². The van der Waals surface area contributed by atoms with E-state index in [9.17, 15) is 22.8 Å². The number of amides is 2. The van der Waals surface area contributed by atoms with Gasteiger partial charge in [-0.25, -0.2) is 14.8 Å². The second-order valence-electron chi connectivity index (χ2n) is 18.0. The molecule has 0 spiro atoms. The molecule has 3 fully saturated rings. The molecule has 59 heavy (non-hydrogen) atoms. The molecule has 6 rings (SSSR count). The molecule has 2 aromatic carbocycles. The Hall–Kier alpha value is -4.17. The number of rotatable bonds is 12. The second-order valence-corrected chi connectivity index (χ2v) is 18.0. The number of fused-ring (bicyclic) bond motifs is 1. The van der Waals surface area contributed by atoms with E-state index in [-0.39, 0.29) is 17.5 Å². The predicted molar refractivity (Wildman–Crippen MR) is 226 cm³/mol. The van der Waals surface area contributed by atoms with E-state index in [1.54, 1.807) is 41.7 Å². The van der Waals surface area contributed by atoms with Crippen molar-refractivity contribution in [3.05, 3.63) is 52.8 Å². The van der Waals surface area contributed by atoms with Gasteiger partial charge in [0.2, 0.25) is 5.91 Å². The topological polar surface area (TPSA) is 121 Å². The van der Waals surface area contributed by atoms with Crippen LogP contribution in [0.1, 0.15) is 126 Å². The number of piperidine rings is 2. The number of carbonyl (C=O) groups excluding carboxylic acids is 2. The number of nitrogens with zero attached hydrogens (tertiary/aromatic N) is 4. The third kappa shape index (κ3) is 11.8. The number of aryl methyl sites for hydroxylation is 1. The highest BCUT2D eigenvalue weighted by atomic mass is 19.4. The molecule has 1 aliphatic carbocycles. The largest absolute Gasteiger partial charge is 0.496 e. The van der Waals surface area contributed by atoms with Crippen molar-refractivity contribution < 1.29 is 32.2 Å². The summed E-state index contributed by atoms with van der Waals surface area (Å²) in [4.78, 5) is 40.3. The Balaban J connectivity index is 1.09. The van der Waals surface area contributed by atoms with E-state index in [1.807, 2.05) is 12.1 Å². The van der Waals surface area contributed by atoms with Crippen LogP contribution < -0.4 is 20.7 Å². The van der Waals surface area contributed by atoms with Crippen molar-refractivity contribution in [1.29, 1.82) is 0 Å². The van der Waals surface area contributed by atoms with Crippen LogP contribution >= 0.6 is 0 Å². The number of anilines is 2. The highest BCUT2D eigenvalue weighted by Gasteiger charge is 2.34. The van der Waals surface area contributed by atoms with Crippen molar-refractivity contribution in [2.24, 2.45) is 11.8 Å². The molecule has 2 saturated heterocycles. The molecule has 1 atom stereocenters. The van der Waals surface area contributed by atoms with Crippen molar-refractivity contribution in [3.63, 3.8) is 0 Å². The number of benzene rings is 2. The SMILES string of the molecule is COc1cc2nc(C)nc(N[C@H](C)c3cc(NC(=O)OC(C)(C)C)cc(C(F)(F)F)c3)c2cc1C1CCC(C(=O)N2CCC(CCCN(C)C3CCNCC3)CC2)CC1. The molecule has 11 nitrogen and oxygen atoms in total. The third-order valence-corrected chi connectivity index (χ3v) is 12.4. The zero-order chi connectivity index (χ0) is 42.5. The highest BCUT2D eigenvalue weighted by Crippen LogP contribution is 2.43. The number of alkyl halides is 3. The van der Waals surface area contributed by atoms with Crippen LogP contribution in [0.4, 0.5) is 29.5 Å². The summed E-state index contributed by atoms with van der Waals surface area (Å²) in [5.41, 5.74) is 0.190. The van der Waals surface area contributed by atoms with Crippen LogP contribution in [-0.2, 0) is 15.7 Å². The van der Waals surface area contributed by atoms with Crippen LogP contribution in [0.25, 0.3) is 10.9 Å². The molecule has 324 valence electrons. The average Bonchev–Trinajstić information content (AvgIpc) is 3.19. The number of hydrogen-bond donors (Lipinski definition) is 3. The highest BCUT2D eigenvalue weighted by molar-refractivity contribution is 5.91. The number of carbonyl (C=O) groups is 2. The summed E-state index contributed by atoms with van der Waals surface area (Å²) in [7, 11) is 3.91. The number of aromatic nitrogens is 2.